The first-order chi connectivity index (χ1) is 4.41. The highest BCUT2D eigenvalue weighted by atomic mass is 32.2. The zero-order chi connectivity index (χ0) is 6.95. The van der Waals surface area contributed by atoms with Crippen LogP contribution in [0.15, 0.2) is 0 Å². The molecule has 54 valence electrons. The first-order valence-corrected chi connectivity index (χ1v) is 5.46. The highest BCUT2D eigenvalue weighted by Crippen LogP contribution is 2.06. The van der Waals surface area contributed by atoms with Gasteiger partial charge in [0.2, 0.25) is 0 Å². The predicted molar refractivity (Wildman–Crippen MR) is 50.0 cm³/mol. The summed E-state index contributed by atoms with van der Waals surface area (Å²) in [5, 5.41) is 0. The number of hydrogen-bond donors (Lipinski definition) is 0. The lowest BCUT2D eigenvalue weighted by Crippen LogP contribution is -1.85. The van der Waals surface area contributed by atoms with Gasteiger partial charge in [0.25, 0.3) is 0 Å². The SMILES string of the molecule is [CH2]CCSCCSC[CH2]. The Morgan fingerprint density at radius 3 is 2.11 bits per heavy atom. The van der Waals surface area contributed by atoms with Crippen molar-refractivity contribution in [3.8, 4) is 0 Å². The summed E-state index contributed by atoms with van der Waals surface area (Å²) >= 11 is 3.89. The second kappa shape index (κ2) is 8.70. The van der Waals surface area contributed by atoms with Crippen molar-refractivity contribution in [2.45, 2.75) is 6.42 Å². The molecular weight excluding hydrogens is 148 g/mol. The van der Waals surface area contributed by atoms with E-state index in [4.69, 9.17) is 0 Å². The van der Waals surface area contributed by atoms with E-state index in [2.05, 4.69) is 13.8 Å². The molecule has 0 rings (SSSR count). The summed E-state index contributed by atoms with van der Waals surface area (Å²) < 4.78 is 0. The fourth-order valence-electron chi connectivity index (χ4n) is 0.424. The molecule has 0 heterocycles. The van der Waals surface area contributed by atoms with Crippen LogP contribution < -0.4 is 0 Å². The summed E-state index contributed by atoms with van der Waals surface area (Å²) in [6, 6.07) is 0. The van der Waals surface area contributed by atoms with Crippen LogP contribution in [-0.4, -0.2) is 23.0 Å². The first kappa shape index (κ1) is 9.70. The van der Waals surface area contributed by atoms with E-state index in [1.807, 2.05) is 23.5 Å². The Hall–Kier alpha value is 0.700. The highest BCUT2D eigenvalue weighted by Gasteiger charge is 1.85. The Balaban J connectivity index is 2.60. The van der Waals surface area contributed by atoms with E-state index in [0.29, 0.717) is 0 Å². The van der Waals surface area contributed by atoms with Crippen LogP contribution in [0.1, 0.15) is 6.42 Å². The number of rotatable bonds is 6. The standard InChI is InChI=1S/C7H14S2/c1-3-5-9-7-6-8-4-2/h1-7H2. The van der Waals surface area contributed by atoms with Gasteiger partial charge in [0.05, 0.1) is 0 Å². The maximum absolute atomic E-state index is 3.76. The van der Waals surface area contributed by atoms with Gasteiger partial charge in [-0.25, -0.2) is 0 Å². The molecule has 0 aromatic carbocycles. The van der Waals surface area contributed by atoms with Gasteiger partial charge in [0, 0.05) is 11.5 Å². The van der Waals surface area contributed by atoms with Crippen LogP contribution in [0.2, 0.25) is 0 Å². The van der Waals surface area contributed by atoms with Crippen molar-refractivity contribution in [2.75, 3.05) is 23.0 Å². The van der Waals surface area contributed by atoms with E-state index in [1.54, 1.807) is 0 Å². The minimum atomic E-state index is 1.00. The van der Waals surface area contributed by atoms with Crippen molar-refractivity contribution >= 4 is 23.5 Å². The fraction of sp³-hybridized carbons (Fsp3) is 0.714. The van der Waals surface area contributed by atoms with Crippen LogP contribution >= 0.6 is 23.5 Å². The van der Waals surface area contributed by atoms with Crippen LogP contribution in [0.4, 0.5) is 0 Å². The first-order valence-electron chi connectivity index (χ1n) is 3.15. The summed E-state index contributed by atoms with van der Waals surface area (Å²) in [6.45, 7) is 7.51. The molecule has 0 nitrogen and oxygen atoms in total. The number of thioether (sulfide) groups is 2. The summed E-state index contributed by atoms with van der Waals surface area (Å²) in [6.07, 6.45) is 1.06. The second-order valence-electron chi connectivity index (χ2n) is 1.58. The van der Waals surface area contributed by atoms with Gasteiger partial charge in [-0.15, -0.1) is 0 Å². The smallest absolute Gasteiger partial charge is 0.00235 e. The predicted octanol–water partition coefficient (Wildman–Crippen LogP) is 2.51. The zero-order valence-electron chi connectivity index (χ0n) is 5.77. The maximum Gasteiger partial charge on any atom is 0.00235 e. The van der Waals surface area contributed by atoms with Gasteiger partial charge < -0.3 is 0 Å². The van der Waals surface area contributed by atoms with Crippen LogP contribution in [0.5, 0.6) is 0 Å². The lowest BCUT2D eigenvalue weighted by atomic mass is 10.6. The monoisotopic (exact) mass is 162 g/mol. The van der Waals surface area contributed by atoms with Gasteiger partial charge in [-0.05, 0) is 24.9 Å². The van der Waals surface area contributed by atoms with E-state index in [1.165, 1.54) is 17.3 Å². The normalized spacial score (nSPS) is 10.0. The Morgan fingerprint density at radius 2 is 1.56 bits per heavy atom. The van der Waals surface area contributed by atoms with Crippen LogP contribution in [0.3, 0.4) is 0 Å². The quantitative estimate of drug-likeness (QED) is 0.550. The summed E-state index contributed by atoms with van der Waals surface area (Å²) in [4.78, 5) is 0. The third kappa shape index (κ3) is 8.70. The molecule has 0 N–H and O–H groups in total. The van der Waals surface area contributed by atoms with E-state index < -0.39 is 0 Å². The molecule has 0 saturated carbocycles. The molecule has 2 radical (unpaired) electrons. The van der Waals surface area contributed by atoms with E-state index >= 15 is 0 Å². The summed E-state index contributed by atoms with van der Waals surface area (Å²) in [5.74, 6) is 4.71. The van der Waals surface area contributed by atoms with Gasteiger partial charge in [0.15, 0.2) is 0 Å². The van der Waals surface area contributed by atoms with E-state index in [-0.39, 0.29) is 0 Å². The molecule has 0 aliphatic carbocycles. The lowest BCUT2D eigenvalue weighted by Gasteiger charge is -1.96. The Kier molecular flexibility index (Phi) is 9.38. The van der Waals surface area contributed by atoms with Gasteiger partial charge in [-0.2, -0.15) is 23.5 Å². The number of hydrogen-bond acceptors (Lipinski definition) is 2. The van der Waals surface area contributed by atoms with E-state index in [9.17, 15) is 0 Å². The van der Waals surface area contributed by atoms with Crippen LogP contribution in [-0.2, 0) is 0 Å². The molecule has 9 heavy (non-hydrogen) atoms. The molecule has 0 saturated heterocycles. The third-order valence-electron chi connectivity index (χ3n) is 0.805. The Morgan fingerprint density at radius 1 is 0.889 bits per heavy atom. The third-order valence-corrected chi connectivity index (χ3v) is 2.92. The van der Waals surface area contributed by atoms with Crippen molar-refractivity contribution in [3.63, 3.8) is 0 Å². The molecule has 0 aromatic rings. The Bertz CT molecular complexity index is 40.2. The maximum atomic E-state index is 3.76. The van der Waals surface area contributed by atoms with Gasteiger partial charge in [0.1, 0.15) is 0 Å². The van der Waals surface area contributed by atoms with E-state index in [0.717, 1.165) is 12.2 Å². The van der Waals surface area contributed by atoms with Crippen LogP contribution in [0.25, 0.3) is 0 Å². The zero-order valence-corrected chi connectivity index (χ0v) is 7.40. The lowest BCUT2D eigenvalue weighted by molar-refractivity contribution is 1.24. The molecule has 0 spiro atoms. The van der Waals surface area contributed by atoms with Gasteiger partial charge in [-0.3, -0.25) is 0 Å². The van der Waals surface area contributed by atoms with Crippen molar-refractivity contribution < 1.29 is 0 Å². The molecule has 0 unspecified atom stereocenters. The summed E-state index contributed by atoms with van der Waals surface area (Å²) in [5.41, 5.74) is 0. The van der Waals surface area contributed by atoms with Crippen molar-refractivity contribution in [3.05, 3.63) is 13.8 Å². The minimum Gasteiger partial charge on any atom is -0.161 e. The molecule has 0 atom stereocenters. The second-order valence-corrected chi connectivity index (χ2v) is 4.03. The minimum absolute atomic E-state index is 1.00. The van der Waals surface area contributed by atoms with Crippen molar-refractivity contribution in [2.24, 2.45) is 0 Å². The molecule has 0 fully saturated rings. The average molecular weight is 162 g/mol. The molecule has 2 heteroatoms. The van der Waals surface area contributed by atoms with Gasteiger partial charge in [-0.1, -0.05) is 6.92 Å². The molecular formula is C7H14S2. The molecule has 0 bridgehead atoms. The topological polar surface area (TPSA) is 0 Å². The average Bonchev–Trinajstić information content (AvgIpc) is 1.89. The Labute approximate surface area is 67.2 Å². The molecule has 0 aliphatic rings. The fourth-order valence-corrected chi connectivity index (χ4v) is 1.98. The highest BCUT2D eigenvalue weighted by molar-refractivity contribution is 8.02. The van der Waals surface area contributed by atoms with Gasteiger partial charge >= 0.3 is 0 Å². The van der Waals surface area contributed by atoms with Crippen LogP contribution in [0, 0.1) is 13.8 Å². The molecule has 0 aliphatic heterocycles. The summed E-state index contributed by atoms with van der Waals surface area (Å²) in [7, 11) is 0. The molecule has 0 aromatic heterocycles. The largest absolute Gasteiger partial charge is 0.161 e. The molecule has 0 amide bonds. The van der Waals surface area contributed by atoms with Crippen molar-refractivity contribution in [1.82, 2.24) is 0 Å². The van der Waals surface area contributed by atoms with Crippen molar-refractivity contribution in [1.29, 1.82) is 0 Å².